The Bertz CT molecular complexity index is 758. The van der Waals surface area contributed by atoms with Crippen LogP contribution in [0.3, 0.4) is 0 Å². The number of nitrogens with one attached hydrogen (secondary N) is 1. The molecule has 0 radical (unpaired) electrons. The summed E-state index contributed by atoms with van der Waals surface area (Å²) < 4.78 is 5.94. The molecule has 4 rings (SSSR count). The lowest BCUT2D eigenvalue weighted by Gasteiger charge is -2.16. The predicted molar refractivity (Wildman–Crippen MR) is 89.1 cm³/mol. The molecule has 0 aliphatic carbocycles. The van der Waals surface area contributed by atoms with Gasteiger partial charge in [-0.25, -0.2) is 0 Å². The Labute approximate surface area is 129 Å². The van der Waals surface area contributed by atoms with Crippen molar-refractivity contribution in [1.82, 2.24) is 10.3 Å². The van der Waals surface area contributed by atoms with Crippen LogP contribution < -0.4 is 10.2 Å². The van der Waals surface area contributed by atoms with E-state index in [1.807, 2.05) is 12.1 Å². The van der Waals surface area contributed by atoms with Crippen molar-refractivity contribution in [3.63, 3.8) is 0 Å². The number of rotatable bonds is 2. The standard InChI is InChI=1S/C18H19N3O/c1-2-5-14(6-3-1)15-7-8-17-16(13-15)20-18(22-17)21-11-4-9-19-10-12-21/h1-3,5-8,13,19H,4,9-12H2. The maximum absolute atomic E-state index is 5.94. The van der Waals surface area contributed by atoms with E-state index in [0.29, 0.717) is 0 Å². The third-order valence-electron chi connectivity index (χ3n) is 4.09. The summed E-state index contributed by atoms with van der Waals surface area (Å²) in [5.41, 5.74) is 4.15. The van der Waals surface area contributed by atoms with Crippen LogP contribution in [0.15, 0.2) is 52.9 Å². The van der Waals surface area contributed by atoms with Crippen molar-refractivity contribution in [3.8, 4) is 11.1 Å². The van der Waals surface area contributed by atoms with Crippen LogP contribution in [0.2, 0.25) is 0 Å². The van der Waals surface area contributed by atoms with Crippen molar-refractivity contribution in [2.45, 2.75) is 6.42 Å². The topological polar surface area (TPSA) is 41.3 Å². The van der Waals surface area contributed by atoms with Crippen LogP contribution in [0.25, 0.3) is 22.2 Å². The van der Waals surface area contributed by atoms with Crippen LogP contribution in [0.5, 0.6) is 0 Å². The van der Waals surface area contributed by atoms with Gasteiger partial charge >= 0.3 is 0 Å². The second-order valence-corrected chi connectivity index (χ2v) is 5.64. The van der Waals surface area contributed by atoms with Crippen LogP contribution in [-0.4, -0.2) is 31.2 Å². The lowest BCUT2D eigenvalue weighted by molar-refractivity contribution is 0.571. The molecule has 1 fully saturated rings. The highest BCUT2D eigenvalue weighted by atomic mass is 16.4. The summed E-state index contributed by atoms with van der Waals surface area (Å²) in [6.45, 7) is 3.98. The molecule has 4 heteroatoms. The fourth-order valence-corrected chi connectivity index (χ4v) is 2.90. The van der Waals surface area contributed by atoms with Crippen LogP contribution in [0, 0.1) is 0 Å². The van der Waals surface area contributed by atoms with Gasteiger partial charge in [-0.1, -0.05) is 36.4 Å². The van der Waals surface area contributed by atoms with E-state index >= 15 is 0 Å². The molecule has 22 heavy (non-hydrogen) atoms. The Balaban J connectivity index is 1.69. The Hall–Kier alpha value is -2.33. The Morgan fingerprint density at radius 3 is 2.77 bits per heavy atom. The minimum absolute atomic E-state index is 0.740. The van der Waals surface area contributed by atoms with Gasteiger partial charge in [0.1, 0.15) is 5.52 Å². The highest BCUT2D eigenvalue weighted by Gasteiger charge is 2.15. The van der Waals surface area contributed by atoms with Crippen molar-refractivity contribution < 1.29 is 4.42 Å². The van der Waals surface area contributed by atoms with Crippen molar-refractivity contribution in [3.05, 3.63) is 48.5 Å². The molecule has 0 saturated carbocycles. The van der Waals surface area contributed by atoms with Crippen molar-refractivity contribution in [1.29, 1.82) is 0 Å². The van der Waals surface area contributed by atoms with Crippen LogP contribution in [-0.2, 0) is 0 Å². The molecule has 1 saturated heterocycles. The lowest BCUT2D eigenvalue weighted by atomic mass is 10.1. The number of nitrogens with zero attached hydrogens (tertiary/aromatic N) is 2. The molecular formula is C18H19N3O. The number of fused-ring (bicyclic) bond motifs is 1. The number of hydrogen-bond acceptors (Lipinski definition) is 4. The SMILES string of the molecule is c1ccc(-c2ccc3oc(N4CCCNCC4)nc3c2)cc1. The summed E-state index contributed by atoms with van der Waals surface area (Å²) >= 11 is 0. The zero-order valence-corrected chi connectivity index (χ0v) is 12.5. The number of oxazole rings is 1. The second kappa shape index (κ2) is 5.81. The molecule has 112 valence electrons. The maximum atomic E-state index is 5.94. The minimum atomic E-state index is 0.740. The molecule has 1 aliphatic heterocycles. The van der Waals surface area contributed by atoms with E-state index in [9.17, 15) is 0 Å². The summed E-state index contributed by atoms with van der Waals surface area (Å²) in [7, 11) is 0. The molecular weight excluding hydrogens is 274 g/mol. The molecule has 0 atom stereocenters. The van der Waals surface area contributed by atoms with Gasteiger partial charge in [0.05, 0.1) is 0 Å². The van der Waals surface area contributed by atoms with Gasteiger partial charge in [0.15, 0.2) is 5.58 Å². The Kier molecular flexibility index (Phi) is 3.52. The quantitative estimate of drug-likeness (QED) is 0.787. The van der Waals surface area contributed by atoms with Gasteiger partial charge in [0.25, 0.3) is 6.01 Å². The van der Waals surface area contributed by atoms with E-state index < -0.39 is 0 Å². The summed E-state index contributed by atoms with van der Waals surface area (Å²) in [4.78, 5) is 6.92. The van der Waals surface area contributed by atoms with Gasteiger partial charge in [-0.15, -0.1) is 0 Å². The lowest BCUT2D eigenvalue weighted by Crippen LogP contribution is -2.27. The first-order valence-corrected chi connectivity index (χ1v) is 7.82. The third kappa shape index (κ3) is 2.57. The first kappa shape index (κ1) is 13.3. The average Bonchev–Trinajstić information content (AvgIpc) is 2.80. The molecule has 3 aromatic rings. The zero-order chi connectivity index (χ0) is 14.8. The van der Waals surface area contributed by atoms with Gasteiger partial charge in [-0.3, -0.25) is 0 Å². The van der Waals surface area contributed by atoms with Crippen LogP contribution >= 0.6 is 0 Å². The Morgan fingerprint density at radius 1 is 0.955 bits per heavy atom. The average molecular weight is 293 g/mol. The second-order valence-electron chi connectivity index (χ2n) is 5.64. The summed E-state index contributed by atoms with van der Waals surface area (Å²) in [6.07, 6.45) is 1.12. The predicted octanol–water partition coefficient (Wildman–Crippen LogP) is 3.29. The normalized spacial score (nSPS) is 15.9. The van der Waals surface area contributed by atoms with E-state index in [-0.39, 0.29) is 0 Å². The number of anilines is 1. The molecule has 2 aromatic carbocycles. The summed E-state index contributed by atoms with van der Waals surface area (Å²) in [5.74, 6) is 0. The van der Waals surface area contributed by atoms with Gasteiger partial charge in [0, 0.05) is 19.6 Å². The maximum Gasteiger partial charge on any atom is 0.298 e. The molecule has 0 unspecified atom stereocenters. The number of aromatic nitrogens is 1. The number of benzene rings is 2. The van der Waals surface area contributed by atoms with Crippen LogP contribution in [0.4, 0.5) is 6.01 Å². The molecule has 0 amide bonds. The van der Waals surface area contributed by atoms with Gasteiger partial charge in [0.2, 0.25) is 0 Å². The smallest absolute Gasteiger partial charge is 0.298 e. The van der Waals surface area contributed by atoms with Crippen molar-refractivity contribution in [2.75, 3.05) is 31.1 Å². The van der Waals surface area contributed by atoms with Crippen molar-refractivity contribution >= 4 is 17.1 Å². The van der Waals surface area contributed by atoms with Gasteiger partial charge in [-0.05, 0) is 36.2 Å². The fraction of sp³-hybridized carbons (Fsp3) is 0.278. The van der Waals surface area contributed by atoms with E-state index in [1.165, 1.54) is 11.1 Å². The molecule has 0 spiro atoms. The highest BCUT2D eigenvalue weighted by Crippen LogP contribution is 2.27. The van der Waals surface area contributed by atoms with E-state index in [0.717, 1.165) is 49.7 Å². The molecule has 4 nitrogen and oxygen atoms in total. The highest BCUT2D eigenvalue weighted by molar-refractivity contribution is 5.81. The van der Waals surface area contributed by atoms with Crippen LogP contribution in [0.1, 0.15) is 6.42 Å². The first-order chi connectivity index (χ1) is 10.9. The van der Waals surface area contributed by atoms with E-state index in [2.05, 4.69) is 46.6 Å². The summed E-state index contributed by atoms with van der Waals surface area (Å²) in [5, 5.41) is 3.40. The fourth-order valence-electron chi connectivity index (χ4n) is 2.90. The molecule has 1 N–H and O–H groups in total. The van der Waals surface area contributed by atoms with E-state index in [4.69, 9.17) is 9.40 Å². The molecule has 2 heterocycles. The van der Waals surface area contributed by atoms with Crippen molar-refractivity contribution in [2.24, 2.45) is 0 Å². The summed E-state index contributed by atoms with van der Waals surface area (Å²) in [6, 6.07) is 17.3. The number of hydrogen-bond donors (Lipinski definition) is 1. The molecule has 1 aromatic heterocycles. The molecule has 0 bridgehead atoms. The Morgan fingerprint density at radius 2 is 1.86 bits per heavy atom. The largest absolute Gasteiger partial charge is 0.423 e. The van der Waals surface area contributed by atoms with E-state index in [1.54, 1.807) is 0 Å². The zero-order valence-electron chi connectivity index (χ0n) is 12.5. The van der Waals surface area contributed by atoms with Gasteiger partial charge < -0.3 is 14.6 Å². The minimum Gasteiger partial charge on any atom is -0.423 e. The third-order valence-corrected chi connectivity index (χ3v) is 4.09. The monoisotopic (exact) mass is 293 g/mol. The van der Waals surface area contributed by atoms with Gasteiger partial charge in [-0.2, -0.15) is 4.98 Å². The molecule has 1 aliphatic rings. The first-order valence-electron chi connectivity index (χ1n) is 7.82.